The molecule has 0 amide bonds. The summed E-state index contributed by atoms with van der Waals surface area (Å²) in [6.07, 6.45) is -10.9. The predicted molar refractivity (Wildman–Crippen MR) is 76.2 cm³/mol. The van der Waals surface area contributed by atoms with Gasteiger partial charge in [-0.15, -0.1) is 0 Å². The van der Waals surface area contributed by atoms with E-state index in [0.717, 1.165) is 6.07 Å². The fraction of sp³-hybridized carbons (Fsp3) is 0.588. The lowest BCUT2D eigenvalue weighted by Gasteiger charge is -2.34. The number of rotatable bonds is 2. The van der Waals surface area contributed by atoms with Crippen molar-refractivity contribution in [2.24, 2.45) is 11.8 Å². The molecule has 2 nitrogen and oxygen atoms in total. The Morgan fingerprint density at radius 2 is 1.58 bits per heavy atom. The second-order valence-electron chi connectivity index (χ2n) is 6.90. The molecule has 1 saturated carbocycles. The Hall–Kier alpha value is -1.80. The van der Waals surface area contributed by atoms with Gasteiger partial charge in [0.1, 0.15) is 0 Å². The van der Waals surface area contributed by atoms with Crippen molar-refractivity contribution >= 4 is 5.97 Å². The van der Waals surface area contributed by atoms with Gasteiger partial charge in [-0.05, 0) is 48.6 Å². The van der Waals surface area contributed by atoms with Gasteiger partial charge in [0.05, 0.1) is 5.92 Å². The summed E-state index contributed by atoms with van der Waals surface area (Å²) in [6.45, 7) is 0. The highest BCUT2D eigenvalue weighted by Gasteiger charge is 2.73. The first-order valence-electron chi connectivity index (χ1n) is 8.06. The summed E-state index contributed by atoms with van der Waals surface area (Å²) in [5.74, 6) is -1.96. The van der Waals surface area contributed by atoms with Gasteiger partial charge in [-0.2, -0.15) is 26.3 Å². The normalized spacial score (nSPS) is 26.3. The molecule has 1 aromatic rings. The van der Waals surface area contributed by atoms with Crippen LogP contribution in [0.15, 0.2) is 18.2 Å². The van der Waals surface area contributed by atoms with Crippen LogP contribution in [0.4, 0.5) is 30.7 Å². The van der Waals surface area contributed by atoms with Gasteiger partial charge in [0, 0.05) is 5.56 Å². The lowest BCUT2D eigenvalue weighted by atomic mass is 9.73. The molecule has 3 atom stereocenters. The van der Waals surface area contributed by atoms with E-state index in [2.05, 4.69) is 0 Å². The first kappa shape index (κ1) is 19.0. The summed E-state index contributed by atoms with van der Waals surface area (Å²) in [5.41, 5.74) is -6.17. The first-order chi connectivity index (χ1) is 11.9. The van der Waals surface area contributed by atoms with Crippen molar-refractivity contribution < 1.29 is 40.6 Å². The molecule has 9 heteroatoms. The number of carboxylic acids is 1. The zero-order valence-electron chi connectivity index (χ0n) is 13.3. The van der Waals surface area contributed by atoms with E-state index in [4.69, 9.17) is 0 Å². The number of benzene rings is 1. The van der Waals surface area contributed by atoms with Gasteiger partial charge in [-0.25, -0.2) is 4.39 Å². The average molecular weight is 384 g/mol. The first-order valence-corrected chi connectivity index (χ1v) is 8.06. The summed E-state index contributed by atoms with van der Waals surface area (Å²) in [4.78, 5) is 11.3. The van der Waals surface area contributed by atoms with Gasteiger partial charge < -0.3 is 5.11 Å². The van der Waals surface area contributed by atoms with Crippen molar-refractivity contribution in [3.05, 3.63) is 34.9 Å². The highest BCUT2D eigenvalue weighted by atomic mass is 19.4. The number of carbonyl (C=O) groups is 1. The monoisotopic (exact) mass is 384 g/mol. The van der Waals surface area contributed by atoms with Crippen LogP contribution in [0.3, 0.4) is 0 Å². The molecular weight excluding hydrogens is 369 g/mol. The smallest absolute Gasteiger partial charge is 0.435 e. The highest BCUT2D eigenvalue weighted by molar-refractivity contribution is 5.71. The third-order valence-electron chi connectivity index (χ3n) is 5.61. The molecule has 0 aromatic heterocycles. The van der Waals surface area contributed by atoms with Crippen LogP contribution < -0.4 is 0 Å². The van der Waals surface area contributed by atoms with Gasteiger partial charge in [0.25, 0.3) is 0 Å². The second-order valence-corrected chi connectivity index (χ2v) is 6.90. The van der Waals surface area contributed by atoms with Gasteiger partial charge >= 0.3 is 24.0 Å². The topological polar surface area (TPSA) is 37.3 Å². The van der Waals surface area contributed by atoms with E-state index < -0.39 is 35.5 Å². The van der Waals surface area contributed by atoms with Crippen molar-refractivity contribution in [1.82, 2.24) is 0 Å². The fourth-order valence-electron chi connectivity index (χ4n) is 4.37. The van der Waals surface area contributed by atoms with E-state index in [0.29, 0.717) is 37.0 Å². The molecule has 2 aliphatic carbocycles. The Morgan fingerprint density at radius 3 is 2.12 bits per heavy atom. The van der Waals surface area contributed by atoms with E-state index >= 15 is 0 Å². The molecule has 0 saturated heterocycles. The maximum absolute atomic E-state index is 14.2. The molecule has 0 bridgehead atoms. The largest absolute Gasteiger partial charge is 0.481 e. The molecule has 2 aliphatic rings. The van der Waals surface area contributed by atoms with Crippen LogP contribution >= 0.6 is 0 Å². The SMILES string of the molecule is O=C(O)[C@@H]1CCC2c3ccc(C(F)(C(F)(F)F)C(F)(F)F)cc3CCC21. The van der Waals surface area contributed by atoms with Crippen LogP contribution in [-0.4, -0.2) is 23.4 Å². The van der Waals surface area contributed by atoms with Gasteiger partial charge in [0.15, 0.2) is 0 Å². The van der Waals surface area contributed by atoms with Crippen molar-refractivity contribution in [2.75, 3.05) is 0 Å². The van der Waals surface area contributed by atoms with Crippen molar-refractivity contribution in [3.8, 4) is 0 Å². The predicted octanol–water partition coefficient (Wildman–Crippen LogP) is 5.12. The summed E-state index contributed by atoms with van der Waals surface area (Å²) in [5, 5.41) is 9.23. The van der Waals surface area contributed by atoms with Gasteiger partial charge in [-0.1, -0.05) is 18.2 Å². The number of hydrogen-bond donors (Lipinski definition) is 1. The molecule has 144 valence electrons. The minimum absolute atomic E-state index is 0.125. The Balaban J connectivity index is 2.02. The van der Waals surface area contributed by atoms with E-state index in [1.165, 1.54) is 0 Å². The Bertz CT molecular complexity index is 709. The summed E-state index contributed by atoms with van der Waals surface area (Å²) < 4.78 is 91.7. The van der Waals surface area contributed by atoms with Crippen molar-refractivity contribution in [3.63, 3.8) is 0 Å². The maximum atomic E-state index is 14.2. The molecule has 1 N–H and O–H groups in total. The van der Waals surface area contributed by atoms with Crippen LogP contribution in [0, 0.1) is 11.8 Å². The molecule has 0 heterocycles. The molecule has 2 unspecified atom stereocenters. The summed E-state index contributed by atoms with van der Waals surface area (Å²) >= 11 is 0. The van der Waals surface area contributed by atoms with Crippen LogP contribution in [0.25, 0.3) is 0 Å². The molecule has 0 radical (unpaired) electrons. The number of hydrogen-bond acceptors (Lipinski definition) is 1. The number of halogens is 7. The third kappa shape index (κ3) is 2.66. The molecule has 26 heavy (non-hydrogen) atoms. The third-order valence-corrected chi connectivity index (χ3v) is 5.61. The lowest BCUT2D eigenvalue weighted by Crippen LogP contribution is -2.50. The lowest BCUT2D eigenvalue weighted by molar-refractivity contribution is -0.348. The summed E-state index contributed by atoms with van der Waals surface area (Å²) in [7, 11) is 0. The number of aryl methyl sites for hydroxylation is 1. The minimum atomic E-state index is -6.14. The number of aliphatic carboxylic acids is 1. The second kappa shape index (κ2) is 5.85. The minimum Gasteiger partial charge on any atom is -0.481 e. The average Bonchev–Trinajstić information content (AvgIpc) is 2.95. The fourth-order valence-corrected chi connectivity index (χ4v) is 4.37. The van der Waals surface area contributed by atoms with E-state index in [1.54, 1.807) is 0 Å². The van der Waals surface area contributed by atoms with Gasteiger partial charge in [0.2, 0.25) is 0 Å². The zero-order valence-corrected chi connectivity index (χ0v) is 13.3. The number of fused-ring (bicyclic) bond motifs is 3. The Morgan fingerprint density at radius 1 is 0.962 bits per heavy atom. The maximum Gasteiger partial charge on any atom is 0.435 e. The van der Waals surface area contributed by atoms with Gasteiger partial charge in [-0.3, -0.25) is 4.79 Å². The quantitative estimate of drug-likeness (QED) is 0.719. The van der Waals surface area contributed by atoms with Crippen LogP contribution in [-0.2, 0) is 16.9 Å². The summed E-state index contributed by atoms with van der Waals surface area (Å²) in [6, 6.07) is 2.26. The molecular formula is C17H15F7O2. The molecule has 1 aromatic carbocycles. The van der Waals surface area contributed by atoms with Crippen LogP contribution in [0.2, 0.25) is 0 Å². The van der Waals surface area contributed by atoms with Crippen LogP contribution in [0.1, 0.15) is 41.9 Å². The molecule has 0 spiro atoms. The standard InChI is InChI=1S/C17H15F7O2/c18-15(16(19,20)21,17(22,23)24)9-2-4-10-8(7-9)1-3-12-11(10)5-6-13(12)14(25)26/h2,4,7,11-13H,1,3,5-6H2,(H,25,26)/t11?,12?,13-/m1/s1. The number of alkyl halides is 7. The van der Waals surface area contributed by atoms with Crippen LogP contribution in [0.5, 0.6) is 0 Å². The Labute approximate surface area is 144 Å². The molecule has 3 rings (SSSR count). The van der Waals surface area contributed by atoms with E-state index in [1.807, 2.05) is 0 Å². The molecule has 1 fully saturated rings. The zero-order chi connectivity index (χ0) is 19.5. The van der Waals surface area contributed by atoms with Crippen molar-refractivity contribution in [1.29, 1.82) is 0 Å². The van der Waals surface area contributed by atoms with Crippen molar-refractivity contribution in [2.45, 2.75) is 49.6 Å². The molecule has 0 aliphatic heterocycles. The number of carboxylic acid groups (broad SMARTS) is 1. The highest BCUT2D eigenvalue weighted by Crippen LogP contribution is 2.55. The van der Waals surface area contributed by atoms with E-state index in [9.17, 15) is 40.6 Å². The van der Waals surface area contributed by atoms with E-state index in [-0.39, 0.29) is 23.8 Å². The Kier molecular flexibility index (Phi) is 4.27.